The lowest BCUT2D eigenvalue weighted by molar-refractivity contribution is 0.00709. The molecule has 0 aliphatic rings. The minimum absolute atomic E-state index is 0.0858. The average molecular weight is 423 g/mol. The van der Waals surface area contributed by atoms with Crippen LogP contribution in [-0.4, -0.2) is 63.9 Å². The predicted molar refractivity (Wildman–Crippen MR) is 96.1 cm³/mol. The SMILES string of the molecule is CCc1c(OCOC)cc(OCOC)c(Br)c1CCOCC(O)CO. The molecule has 0 saturated heterocycles. The highest BCUT2D eigenvalue weighted by Gasteiger charge is 2.18. The number of ether oxygens (including phenoxy) is 5. The summed E-state index contributed by atoms with van der Waals surface area (Å²) in [6.45, 7) is 2.45. The van der Waals surface area contributed by atoms with Crippen molar-refractivity contribution in [2.75, 3.05) is 47.6 Å². The van der Waals surface area contributed by atoms with Crippen LogP contribution in [0.1, 0.15) is 18.1 Å². The van der Waals surface area contributed by atoms with E-state index in [4.69, 9.17) is 28.8 Å². The van der Waals surface area contributed by atoms with E-state index in [0.717, 1.165) is 22.0 Å². The van der Waals surface area contributed by atoms with Crippen LogP contribution in [0.4, 0.5) is 0 Å². The molecule has 1 atom stereocenters. The van der Waals surface area contributed by atoms with Gasteiger partial charge in [0.1, 0.15) is 17.6 Å². The molecule has 1 rings (SSSR count). The van der Waals surface area contributed by atoms with Gasteiger partial charge in [-0.2, -0.15) is 0 Å². The fraction of sp³-hybridized carbons (Fsp3) is 0.647. The molecule has 1 aromatic carbocycles. The molecular weight excluding hydrogens is 396 g/mol. The normalized spacial score (nSPS) is 12.2. The molecule has 0 bridgehead atoms. The Morgan fingerprint density at radius 1 is 1.08 bits per heavy atom. The Kier molecular flexibility index (Phi) is 11.0. The largest absolute Gasteiger partial charge is 0.467 e. The van der Waals surface area contributed by atoms with E-state index in [9.17, 15) is 5.11 Å². The van der Waals surface area contributed by atoms with Crippen molar-refractivity contribution in [2.24, 2.45) is 0 Å². The van der Waals surface area contributed by atoms with Crippen molar-refractivity contribution in [3.05, 3.63) is 21.7 Å². The quantitative estimate of drug-likeness (QED) is 0.370. The molecule has 0 aromatic heterocycles. The summed E-state index contributed by atoms with van der Waals surface area (Å²) in [4.78, 5) is 0. The van der Waals surface area contributed by atoms with E-state index < -0.39 is 6.10 Å². The Bertz CT molecular complexity index is 510. The molecule has 25 heavy (non-hydrogen) atoms. The molecule has 0 aliphatic carbocycles. The molecule has 0 spiro atoms. The highest BCUT2D eigenvalue weighted by atomic mass is 79.9. The van der Waals surface area contributed by atoms with Gasteiger partial charge in [-0.25, -0.2) is 0 Å². The molecule has 1 aromatic rings. The highest BCUT2D eigenvalue weighted by molar-refractivity contribution is 9.10. The summed E-state index contributed by atoms with van der Waals surface area (Å²) >= 11 is 3.59. The summed E-state index contributed by atoms with van der Waals surface area (Å²) in [5, 5.41) is 18.2. The van der Waals surface area contributed by atoms with Crippen LogP contribution in [0, 0.1) is 0 Å². The zero-order valence-corrected chi connectivity index (χ0v) is 16.5. The number of benzene rings is 1. The fourth-order valence-electron chi connectivity index (χ4n) is 2.27. The molecule has 0 fully saturated rings. The van der Waals surface area contributed by atoms with Gasteiger partial charge >= 0.3 is 0 Å². The zero-order chi connectivity index (χ0) is 18.7. The minimum Gasteiger partial charge on any atom is -0.467 e. The number of rotatable bonds is 13. The summed E-state index contributed by atoms with van der Waals surface area (Å²) in [7, 11) is 3.12. The standard InChI is InChI=1S/C17H27BrO7/c1-4-13-14(5-6-23-9-12(20)8-19)17(18)16(25-11-22-3)7-15(13)24-10-21-2/h7,12,19-20H,4-6,8-11H2,1-3H3. The maximum Gasteiger partial charge on any atom is 0.188 e. The first-order valence-electron chi connectivity index (χ1n) is 8.03. The lowest BCUT2D eigenvalue weighted by atomic mass is 10.0. The Morgan fingerprint density at radius 3 is 2.28 bits per heavy atom. The summed E-state index contributed by atoms with van der Waals surface area (Å²) in [5.41, 5.74) is 2.03. The first kappa shape index (κ1) is 22.1. The smallest absolute Gasteiger partial charge is 0.188 e. The molecule has 0 saturated carbocycles. The van der Waals surface area contributed by atoms with E-state index in [-0.39, 0.29) is 26.8 Å². The Hall–Kier alpha value is -0.900. The van der Waals surface area contributed by atoms with Crippen LogP contribution in [0.5, 0.6) is 11.5 Å². The molecule has 1 unspecified atom stereocenters. The van der Waals surface area contributed by atoms with Crippen LogP contribution in [0.2, 0.25) is 0 Å². The van der Waals surface area contributed by atoms with Gasteiger partial charge in [0, 0.05) is 20.3 Å². The number of halogens is 1. The Morgan fingerprint density at radius 2 is 1.72 bits per heavy atom. The second-order valence-corrected chi connectivity index (χ2v) is 6.05. The van der Waals surface area contributed by atoms with Gasteiger partial charge in [0.05, 0.1) is 24.3 Å². The van der Waals surface area contributed by atoms with Crippen LogP contribution in [0.3, 0.4) is 0 Å². The van der Waals surface area contributed by atoms with E-state index >= 15 is 0 Å². The third-order valence-electron chi connectivity index (χ3n) is 3.44. The molecule has 0 heterocycles. The molecule has 8 heteroatoms. The van der Waals surface area contributed by atoms with Crippen LogP contribution >= 0.6 is 15.9 Å². The number of hydrogen-bond acceptors (Lipinski definition) is 7. The zero-order valence-electron chi connectivity index (χ0n) is 14.9. The van der Waals surface area contributed by atoms with Crippen molar-refractivity contribution < 1.29 is 33.9 Å². The van der Waals surface area contributed by atoms with Crippen molar-refractivity contribution >= 4 is 15.9 Å². The number of aliphatic hydroxyl groups excluding tert-OH is 2. The molecular formula is C17H27BrO7. The highest BCUT2D eigenvalue weighted by Crippen LogP contribution is 2.38. The summed E-state index contributed by atoms with van der Waals surface area (Å²) < 4.78 is 27.5. The fourth-order valence-corrected chi connectivity index (χ4v) is 2.94. The van der Waals surface area contributed by atoms with Gasteiger partial charge < -0.3 is 33.9 Å². The minimum atomic E-state index is -0.869. The van der Waals surface area contributed by atoms with E-state index in [1.165, 1.54) is 0 Å². The maximum absolute atomic E-state index is 9.34. The van der Waals surface area contributed by atoms with Crippen molar-refractivity contribution in [3.63, 3.8) is 0 Å². The first-order valence-corrected chi connectivity index (χ1v) is 8.82. The summed E-state index contributed by atoms with van der Waals surface area (Å²) in [5.74, 6) is 1.29. The predicted octanol–water partition coefficient (Wildman–Crippen LogP) is 1.89. The lowest BCUT2D eigenvalue weighted by Gasteiger charge is -2.19. The van der Waals surface area contributed by atoms with Gasteiger partial charge in [-0.1, -0.05) is 6.92 Å². The third-order valence-corrected chi connectivity index (χ3v) is 4.31. The molecule has 0 aliphatic heterocycles. The Labute approximate surface area is 156 Å². The van der Waals surface area contributed by atoms with Gasteiger partial charge in [-0.3, -0.25) is 0 Å². The van der Waals surface area contributed by atoms with Crippen molar-refractivity contribution in [1.82, 2.24) is 0 Å². The monoisotopic (exact) mass is 422 g/mol. The number of aliphatic hydroxyl groups is 2. The van der Waals surface area contributed by atoms with E-state index in [1.54, 1.807) is 20.3 Å². The van der Waals surface area contributed by atoms with Crippen molar-refractivity contribution in [3.8, 4) is 11.5 Å². The topological polar surface area (TPSA) is 86.6 Å². The van der Waals surface area contributed by atoms with Gasteiger partial charge in [-0.15, -0.1) is 0 Å². The van der Waals surface area contributed by atoms with Crippen LogP contribution in [0.25, 0.3) is 0 Å². The van der Waals surface area contributed by atoms with Crippen molar-refractivity contribution in [2.45, 2.75) is 25.9 Å². The van der Waals surface area contributed by atoms with E-state index in [2.05, 4.69) is 15.9 Å². The van der Waals surface area contributed by atoms with Gasteiger partial charge in [0.25, 0.3) is 0 Å². The average Bonchev–Trinajstić information content (AvgIpc) is 2.63. The van der Waals surface area contributed by atoms with E-state index in [1.807, 2.05) is 6.92 Å². The van der Waals surface area contributed by atoms with Crippen LogP contribution < -0.4 is 9.47 Å². The van der Waals surface area contributed by atoms with E-state index in [0.29, 0.717) is 24.5 Å². The summed E-state index contributed by atoms with van der Waals surface area (Å²) in [6, 6.07) is 1.81. The van der Waals surface area contributed by atoms with Gasteiger partial charge in [0.2, 0.25) is 0 Å². The van der Waals surface area contributed by atoms with Gasteiger partial charge in [0.15, 0.2) is 13.6 Å². The summed E-state index contributed by atoms with van der Waals surface area (Å²) in [6.07, 6.45) is 0.484. The second-order valence-electron chi connectivity index (χ2n) is 5.26. The number of methoxy groups -OCH3 is 2. The Balaban J connectivity index is 2.99. The van der Waals surface area contributed by atoms with Gasteiger partial charge in [-0.05, 0) is 39.9 Å². The molecule has 7 nitrogen and oxygen atoms in total. The first-order chi connectivity index (χ1) is 12.1. The van der Waals surface area contributed by atoms with Crippen molar-refractivity contribution in [1.29, 1.82) is 0 Å². The molecule has 2 N–H and O–H groups in total. The molecule has 144 valence electrons. The molecule has 0 radical (unpaired) electrons. The van der Waals surface area contributed by atoms with Crippen LogP contribution in [0.15, 0.2) is 10.5 Å². The second kappa shape index (κ2) is 12.5. The number of hydrogen-bond donors (Lipinski definition) is 2. The third kappa shape index (κ3) is 7.08. The lowest BCUT2D eigenvalue weighted by Crippen LogP contribution is -2.20. The molecule has 0 amide bonds. The maximum atomic E-state index is 9.34. The van der Waals surface area contributed by atoms with Crippen LogP contribution in [-0.2, 0) is 27.1 Å².